The molecule has 0 aliphatic heterocycles. The van der Waals surface area contributed by atoms with Gasteiger partial charge in [-0.2, -0.15) is 8.42 Å². The Morgan fingerprint density at radius 3 is 2.47 bits per heavy atom. The Kier molecular flexibility index (Phi) is 4.96. The first-order valence-electron chi connectivity index (χ1n) is 4.54. The van der Waals surface area contributed by atoms with Crippen molar-refractivity contribution in [1.82, 2.24) is 5.32 Å². The van der Waals surface area contributed by atoms with Gasteiger partial charge in [-0.05, 0) is 26.8 Å². The molecular formula is C9H17NO4S. The minimum Gasteiger partial charge on any atom is -0.347 e. The fourth-order valence-electron chi connectivity index (χ4n) is 1.08. The molecule has 88 valence electrons. The van der Waals surface area contributed by atoms with E-state index in [1.165, 1.54) is 0 Å². The first kappa shape index (κ1) is 14.1. The molecule has 15 heavy (non-hydrogen) atoms. The maximum absolute atomic E-state index is 11.3. The summed E-state index contributed by atoms with van der Waals surface area (Å²) in [5, 5.41) is 2.50. The SMILES string of the molecule is C=CC(=O)NC(C)(C)CS(=O)(=O)OCC. The van der Waals surface area contributed by atoms with Crippen LogP contribution in [0, 0.1) is 0 Å². The number of hydrogen-bond acceptors (Lipinski definition) is 4. The van der Waals surface area contributed by atoms with E-state index in [1.54, 1.807) is 20.8 Å². The van der Waals surface area contributed by atoms with Crippen molar-refractivity contribution in [3.05, 3.63) is 12.7 Å². The molecule has 1 amide bonds. The molecule has 0 unspecified atom stereocenters. The summed E-state index contributed by atoms with van der Waals surface area (Å²) in [7, 11) is -3.59. The Hall–Kier alpha value is -0.880. The maximum Gasteiger partial charge on any atom is 0.269 e. The summed E-state index contributed by atoms with van der Waals surface area (Å²) in [6.07, 6.45) is 1.09. The van der Waals surface area contributed by atoms with Crippen LogP contribution in [0.4, 0.5) is 0 Å². The van der Waals surface area contributed by atoms with Gasteiger partial charge in [0.15, 0.2) is 0 Å². The summed E-state index contributed by atoms with van der Waals surface area (Å²) < 4.78 is 27.2. The van der Waals surface area contributed by atoms with Gasteiger partial charge in [0, 0.05) is 0 Å². The third-order valence-corrected chi connectivity index (χ3v) is 3.15. The standard InChI is InChI=1S/C9H17NO4S/c1-5-8(11)10-9(3,4)7-15(12,13)14-6-2/h5H,1,6-7H2,2-4H3,(H,10,11). The lowest BCUT2D eigenvalue weighted by atomic mass is 10.1. The zero-order chi connectivity index (χ0) is 12.1. The quantitative estimate of drug-likeness (QED) is 0.535. The van der Waals surface area contributed by atoms with E-state index in [-0.39, 0.29) is 12.4 Å². The van der Waals surface area contributed by atoms with Crippen LogP contribution in [0.3, 0.4) is 0 Å². The minimum absolute atomic E-state index is 0.0911. The third-order valence-electron chi connectivity index (χ3n) is 1.48. The van der Waals surface area contributed by atoms with Gasteiger partial charge in [-0.15, -0.1) is 0 Å². The molecule has 0 aromatic carbocycles. The third kappa shape index (κ3) is 6.24. The normalized spacial score (nSPS) is 12.2. The predicted octanol–water partition coefficient (Wildman–Crippen LogP) is 0.433. The van der Waals surface area contributed by atoms with Gasteiger partial charge in [0.1, 0.15) is 0 Å². The molecule has 0 saturated heterocycles. The molecule has 6 heteroatoms. The zero-order valence-electron chi connectivity index (χ0n) is 9.24. The van der Waals surface area contributed by atoms with Gasteiger partial charge in [-0.3, -0.25) is 8.98 Å². The van der Waals surface area contributed by atoms with E-state index in [2.05, 4.69) is 16.1 Å². The number of amides is 1. The van der Waals surface area contributed by atoms with E-state index >= 15 is 0 Å². The first-order chi connectivity index (χ1) is 6.72. The molecule has 1 N–H and O–H groups in total. The smallest absolute Gasteiger partial charge is 0.269 e. The van der Waals surface area contributed by atoms with Gasteiger partial charge in [-0.1, -0.05) is 6.58 Å². The van der Waals surface area contributed by atoms with Crippen LogP contribution in [-0.4, -0.2) is 32.2 Å². The van der Waals surface area contributed by atoms with Crippen LogP contribution in [0.1, 0.15) is 20.8 Å². The van der Waals surface area contributed by atoms with Crippen molar-refractivity contribution >= 4 is 16.0 Å². The van der Waals surface area contributed by atoms with Crippen molar-refractivity contribution in [3.8, 4) is 0 Å². The van der Waals surface area contributed by atoms with Crippen LogP contribution in [0.25, 0.3) is 0 Å². The summed E-state index contributed by atoms with van der Waals surface area (Å²) in [6.45, 7) is 8.17. The van der Waals surface area contributed by atoms with Crippen molar-refractivity contribution < 1.29 is 17.4 Å². The highest BCUT2D eigenvalue weighted by Gasteiger charge is 2.27. The molecule has 0 fully saturated rings. The Labute approximate surface area is 90.6 Å². The Morgan fingerprint density at radius 2 is 2.07 bits per heavy atom. The van der Waals surface area contributed by atoms with Crippen LogP contribution in [0.15, 0.2) is 12.7 Å². The van der Waals surface area contributed by atoms with Crippen LogP contribution in [0.5, 0.6) is 0 Å². The molecule has 0 rings (SSSR count). The number of carbonyl (C=O) groups excluding carboxylic acids is 1. The fourth-order valence-corrected chi connectivity index (χ4v) is 2.48. The highest BCUT2D eigenvalue weighted by Crippen LogP contribution is 2.08. The van der Waals surface area contributed by atoms with Gasteiger partial charge in [0.25, 0.3) is 10.1 Å². The number of rotatable bonds is 6. The lowest BCUT2D eigenvalue weighted by molar-refractivity contribution is -0.117. The lowest BCUT2D eigenvalue weighted by Crippen LogP contribution is -2.48. The van der Waals surface area contributed by atoms with Crippen molar-refractivity contribution in [2.75, 3.05) is 12.4 Å². The fraction of sp³-hybridized carbons (Fsp3) is 0.667. The van der Waals surface area contributed by atoms with Crippen molar-refractivity contribution in [2.45, 2.75) is 26.3 Å². The predicted molar refractivity (Wildman–Crippen MR) is 57.8 cm³/mol. The van der Waals surface area contributed by atoms with Gasteiger partial charge in [0.05, 0.1) is 17.9 Å². The van der Waals surface area contributed by atoms with Gasteiger partial charge >= 0.3 is 0 Å². The summed E-state index contributed by atoms with van der Waals surface area (Å²) >= 11 is 0. The van der Waals surface area contributed by atoms with Crippen LogP contribution < -0.4 is 5.32 Å². The second kappa shape index (κ2) is 5.27. The Bertz CT molecular complexity index is 332. The second-order valence-corrected chi connectivity index (χ2v) is 5.33. The van der Waals surface area contributed by atoms with E-state index in [1.807, 2.05) is 0 Å². The van der Waals surface area contributed by atoms with Crippen LogP contribution in [-0.2, 0) is 19.1 Å². The summed E-state index contributed by atoms with van der Waals surface area (Å²) in [4.78, 5) is 11.0. The van der Waals surface area contributed by atoms with Crippen molar-refractivity contribution in [3.63, 3.8) is 0 Å². The molecular weight excluding hydrogens is 218 g/mol. The van der Waals surface area contributed by atoms with Gasteiger partial charge in [0.2, 0.25) is 5.91 Å². The molecule has 0 aromatic heterocycles. The zero-order valence-corrected chi connectivity index (χ0v) is 10.1. The van der Waals surface area contributed by atoms with Crippen LogP contribution in [0.2, 0.25) is 0 Å². The van der Waals surface area contributed by atoms with Gasteiger partial charge < -0.3 is 5.32 Å². The van der Waals surface area contributed by atoms with Crippen LogP contribution >= 0.6 is 0 Å². The molecule has 0 aromatic rings. The summed E-state index contributed by atoms with van der Waals surface area (Å²) in [6, 6.07) is 0. The second-order valence-electron chi connectivity index (χ2n) is 3.69. The van der Waals surface area contributed by atoms with E-state index in [0.29, 0.717) is 0 Å². The minimum atomic E-state index is -3.59. The molecule has 0 saturated carbocycles. The Morgan fingerprint density at radius 1 is 1.53 bits per heavy atom. The Balaban J connectivity index is 4.49. The maximum atomic E-state index is 11.3. The molecule has 0 heterocycles. The van der Waals surface area contributed by atoms with E-state index in [9.17, 15) is 13.2 Å². The molecule has 0 radical (unpaired) electrons. The van der Waals surface area contributed by atoms with E-state index < -0.39 is 21.6 Å². The highest BCUT2D eigenvalue weighted by atomic mass is 32.2. The molecule has 0 spiro atoms. The molecule has 0 aliphatic rings. The average molecular weight is 235 g/mol. The van der Waals surface area contributed by atoms with Crippen molar-refractivity contribution in [1.29, 1.82) is 0 Å². The summed E-state index contributed by atoms with van der Waals surface area (Å²) in [5.41, 5.74) is -0.876. The highest BCUT2D eigenvalue weighted by molar-refractivity contribution is 7.86. The number of carbonyl (C=O) groups is 1. The molecule has 5 nitrogen and oxygen atoms in total. The molecule has 0 bridgehead atoms. The first-order valence-corrected chi connectivity index (χ1v) is 6.12. The topological polar surface area (TPSA) is 72.5 Å². The lowest BCUT2D eigenvalue weighted by Gasteiger charge is -2.24. The van der Waals surface area contributed by atoms with Crippen molar-refractivity contribution in [2.24, 2.45) is 0 Å². The molecule has 0 aliphatic carbocycles. The van der Waals surface area contributed by atoms with Gasteiger partial charge in [-0.25, -0.2) is 0 Å². The largest absolute Gasteiger partial charge is 0.347 e. The average Bonchev–Trinajstić information content (AvgIpc) is 2.00. The summed E-state index contributed by atoms with van der Waals surface area (Å²) in [5.74, 6) is -0.681. The number of hydrogen-bond donors (Lipinski definition) is 1. The van der Waals surface area contributed by atoms with E-state index in [0.717, 1.165) is 6.08 Å². The number of nitrogens with one attached hydrogen (secondary N) is 1. The molecule has 0 atom stereocenters. The van der Waals surface area contributed by atoms with E-state index in [4.69, 9.17) is 0 Å². The monoisotopic (exact) mass is 235 g/mol.